The van der Waals surface area contributed by atoms with Crippen LogP contribution in [-0.2, 0) is 11.3 Å². The van der Waals surface area contributed by atoms with E-state index in [0.29, 0.717) is 22.0 Å². The lowest BCUT2D eigenvalue weighted by molar-refractivity contribution is -0.118. The third-order valence-electron chi connectivity index (χ3n) is 5.59. The highest BCUT2D eigenvalue weighted by Gasteiger charge is 2.23. The number of thiazole rings is 1. The van der Waals surface area contributed by atoms with Crippen LogP contribution in [0.2, 0.25) is 0 Å². The normalized spacial score (nSPS) is 11.4. The molecule has 0 saturated heterocycles. The first-order chi connectivity index (χ1) is 16.0. The van der Waals surface area contributed by atoms with E-state index in [1.165, 1.54) is 23.1 Å². The molecule has 7 heteroatoms. The van der Waals surface area contributed by atoms with Crippen LogP contribution in [0.1, 0.15) is 25.3 Å². The van der Waals surface area contributed by atoms with E-state index in [1.54, 1.807) is 27.8 Å². The summed E-state index contributed by atoms with van der Waals surface area (Å²) in [4.78, 5) is 32.3. The molecule has 0 fully saturated rings. The van der Waals surface area contributed by atoms with Gasteiger partial charge in [-0.2, -0.15) is 5.10 Å². The van der Waals surface area contributed by atoms with Gasteiger partial charge in [-0.3, -0.25) is 19.2 Å². The Morgan fingerprint density at radius 1 is 1.00 bits per heavy atom. The molecule has 0 saturated carbocycles. The van der Waals surface area contributed by atoms with Gasteiger partial charge < -0.3 is 0 Å². The number of anilines is 2. The van der Waals surface area contributed by atoms with Gasteiger partial charge in [0.2, 0.25) is 5.43 Å². The van der Waals surface area contributed by atoms with Crippen LogP contribution >= 0.6 is 11.3 Å². The van der Waals surface area contributed by atoms with Crippen molar-refractivity contribution >= 4 is 49.2 Å². The minimum atomic E-state index is -0.187. The first-order valence-corrected chi connectivity index (χ1v) is 11.6. The monoisotopic (exact) mass is 454 g/mol. The molecule has 2 aromatic heterocycles. The number of nitrogens with zero attached hydrogens (tertiary/aromatic N) is 4. The second-order valence-corrected chi connectivity index (χ2v) is 9.13. The minimum Gasteiger partial charge on any atom is -0.287 e. The lowest BCUT2D eigenvalue weighted by Gasteiger charge is -2.21. The third kappa shape index (κ3) is 4.03. The van der Waals surface area contributed by atoms with E-state index in [2.05, 4.69) is 18.9 Å². The predicted octanol–water partition coefficient (Wildman–Crippen LogP) is 5.49. The average molecular weight is 455 g/mol. The van der Waals surface area contributed by atoms with Crippen molar-refractivity contribution in [3.8, 4) is 0 Å². The van der Waals surface area contributed by atoms with Crippen molar-refractivity contribution in [2.75, 3.05) is 4.90 Å². The van der Waals surface area contributed by atoms with Crippen LogP contribution in [0.3, 0.4) is 0 Å². The van der Waals surface area contributed by atoms with Crippen molar-refractivity contribution in [3.63, 3.8) is 0 Å². The van der Waals surface area contributed by atoms with Crippen molar-refractivity contribution in [1.82, 2.24) is 14.8 Å². The largest absolute Gasteiger partial charge is 0.287 e. The molecule has 1 amide bonds. The van der Waals surface area contributed by atoms with Crippen molar-refractivity contribution in [2.24, 2.45) is 0 Å². The molecule has 0 aliphatic heterocycles. The molecule has 0 aliphatic rings. The van der Waals surface area contributed by atoms with Crippen LogP contribution in [0, 0.1) is 0 Å². The quantitative estimate of drug-likeness (QED) is 0.352. The molecular weight excluding hydrogens is 432 g/mol. The number of fused-ring (bicyclic) bond motifs is 2. The SMILES string of the molecule is CC(C)c1ccc(N(C(=O)Cn2ncc(=O)c3ccccc32)c2nc3ccccc3s2)cc1. The molecule has 0 unspecified atom stereocenters. The Labute approximate surface area is 194 Å². The van der Waals surface area contributed by atoms with Crippen molar-refractivity contribution in [1.29, 1.82) is 0 Å². The number of benzene rings is 3. The predicted molar refractivity (Wildman–Crippen MR) is 133 cm³/mol. The molecule has 0 bridgehead atoms. The fourth-order valence-corrected chi connectivity index (χ4v) is 4.81. The zero-order valence-corrected chi connectivity index (χ0v) is 19.1. The minimum absolute atomic E-state index is 0.0251. The number of hydrogen-bond acceptors (Lipinski definition) is 5. The van der Waals surface area contributed by atoms with Crippen LogP contribution < -0.4 is 10.3 Å². The number of carbonyl (C=O) groups excluding carboxylic acids is 1. The molecule has 0 radical (unpaired) electrons. The first kappa shape index (κ1) is 21.0. The molecule has 6 nitrogen and oxygen atoms in total. The molecule has 0 atom stereocenters. The highest BCUT2D eigenvalue weighted by Crippen LogP contribution is 2.34. The highest BCUT2D eigenvalue weighted by molar-refractivity contribution is 7.22. The van der Waals surface area contributed by atoms with Crippen LogP contribution in [-0.4, -0.2) is 20.7 Å². The molecule has 5 rings (SSSR count). The summed E-state index contributed by atoms with van der Waals surface area (Å²) in [6.07, 6.45) is 1.26. The number of rotatable bonds is 5. The summed E-state index contributed by atoms with van der Waals surface area (Å²) in [6, 6.07) is 23.0. The van der Waals surface area contributed by atoms with Gasteiger partial charge in [0.1, 0.15) is 6.54 Å². The number of aromatic nitrogens is 3. The van der Waals surface area contributed by atoms with Gasteiger partial charge in [0.25, 0.3) is 5.91 Å². The topological polar surface area (TPSA) is 68.1 Å². The molecule has 3 aromatic carbocycles. The molecule has 2 heterocycles. The molecule has 33 heavy (non-hydrogen) atoms. The molecule has 0 spiro atoms. The maximum atomic E-state index is 13.7. The summed E-state index contributed by atoms with van der Waals surface area (Å²) in [5, 5.41) is 5.37. The third-order valence-corrected chi connectivity index (χ3v) is 6.61. The Hall–Kier alpha value is -3.84. The van der Waals surface area contributed by atoms with Gasteiger partial charge in [-0.15, -0.1) is 0 Å². The average Bonchev–Trinajstić information content (AvgIpc) is 3.25. The van der Waals surface area contributed by atoms with E-state index in [-0.39, 0.29) is 17.9 Å². The molecule has 164 valence electrons. The number of carbonyl (C=O) groups is 1. The van der Waals surface area contributed by atoms with Gasteiger partial charge in [0.15, 0.2) is 5.13 Å². The molecule has 0 N–H and O–H groups in total. The van der Waals surface area contributed by atoms with Gasteiger partial charge >= 0.3 is 0 Å². The second kappa shape index (κ2) is 8.60. The van der Waals surface area contributed by atoms with E-state index >= 15 is 0 Å². The van der Waals surface area contributed by atoms with Gasteiger partial charge in [0.05, 0.1) is 27.6 Å². The Morgan fingerprint density at radius 2 is 1.73 bits per heavy atom. The maximum absolute atomic E-state index is 13.7. The van der Waals surface area contributed by atoms with E-state index in [0.717, 1.165) is 15.9 Å². The van der Waals surface area contributed by atoms with E-state index < -0.39 is 0 Å². The summed E-state index contributed by atoms with van der Waals surface area (Å²) < 4.78 is 2.58. The Bertz CT molecular complexity index is 1490. The van der Waals surface area contributed by atoms with Crippen molar-refractivity contribution < 1.29 is 4.79 Å². The van der Waals surface area contributed by atoms with Crippen molar-refractivity contribution in [3.05, 3.63) is 94.8 Å². The summed E-state index contributed by atoms with van der Waals surface area (Å²) >= 11 is 1.47. The number of hydrogen-bond donors (Lipinski definition) is 0. The van der Waals surface area contributed by atoms with E-state index in [4.69, 9.17) is 4.98 Å². The smallest absolute Gasteiger partial charge is 0.255 e. The van der Waals surface area contributed by atoms with Crippen molar-refractivity contribution in [2.45, 2.75) is 26.3 Å². The van der Waals surface area contributed by atoms with Gasteiger partial charge in [-0.05, 0) is 47.9 Å². The van der Waals surface area contributed by atoms with Crippen LogP contribution in [0.25, 0.3) is 21.1 Å². The first-order valence-electron chi connectivity index (χ1n) is 10.7. The lowest BCUT2D eigenvalue weighted by Crippen LogP contribution is -2.31. The molecule has 5 aromatic rings. The standard InChI is InChI=1S/C26H22N4O2S/c1-17(2)18-11-13-19(14-12-18)30(26-28-21-8-4-6-10-24(21)33-26)25(32)16-29-22-9-5-3-7-20(22)23(31)15-27-29/h3-15,17H,16H2,1-2H3. The zero-order chi connectivity index (χ0) is 22.9. The maximum Gasteiger partial charge on any atom is 0.255 e. The Balaban J connectivity index is 1.59. The fraction of sp³-hybridized carbons (Fsp3) is 0.154. The highest BCUT2D eigenvalue weighted by atomic mass is 32.1. The summed E-state index contributed by atoms with van der Waals surface area (Å²) in [5.74, 6) is 0.204. The zero-order valence-electron chi connectivity index (χ0n) is 18.3. The Morgan fingerprint density at radius 3 is 2.48 bits per heavy atom. The van der Waals surface area contributed by atoms with Gasteiger partial charge in [0, 0.05) is 5.39 Å². The summed E-state index contributed by atoms with van der Waals surface area (Å²) in [5.41, 5.74) is 3.25. The Kier molecular flexibility index (Phi) is 5.48. The van der Waals surface area contributed by atoms with Crippen LogP contribution in [0.15, 0.2) is 83.8 Å². The number of para-hydroxylation sites is 2. The molecule has 0 aliphatic carbocycles. The van der Waals surface area contributed by atoms with Crippen LogP contribution in [0.5, 0.6) is 0 Å². The summed E-state index contributed by atoms with van der Waals surface area (Å²) in [6.45, 7) is 4.25. The van der Waals surface area contributed by atoms with Gasteiger partial charge in [-0.1, -0.05) is 61.6 Å². The second-order valence-electron chi connectivity index (χ2n) is 8.12. The van der Waals surface area contributed by atoms with Crippen LogP contribution in [0.4, 0.5) is 10.8 Å². The lowest BCUT2D eigenvalue weighted by atomic mass is 10.0. The van der Waals surface area contributed by atoms with Gasteiger partial charge in [-0.25, -0.2) is 4.98 Å². The fourth-order valence-electron chi connectivity index (χ4n) is 3.81. The van der Waals surface area contributed by atoms with E-state index in [9.17, 15) is 9.59 Å². The molecular formula is C26H22N4O2S. The summed E-state index contributed by atoms with van der Waals surface area (Å²) in [7, 11) is 0. The van der Waals surface area contributed by atoms with E-state index in [1.807, 2.05) is 54.6 Å². The number of amides is 1.